The first-order valence-electron chi connectivity index (χ1n) is 7.52. The molecular formula is C19H22N2O2. The topological polar surface area (TPSA) is 50.4 Å². The van der Waals surface area contributed by atoms with Crippen molar-refractivity contribution in [2.45, 2.75) is 13.8 Å². The smallest absolute Gasteiger partial charge is 0.243 e. The molecule has 0 fully saturated rings. The molecule has 4 nitrogen and oxygen atoms in total. The van der Waals surface area contributed by atoms with Gasteiger partial charge in [-0.1, -0.05) is 18.7 Å². The molecule has 23 heavy (non-hydrogen) atoms. The molecule has 0 heterocycles. The third-order valence-electron chi connectivity index (χ3n) is 3.18. The first kappa shape index (κ1) is 16.6. The zero-order valence-corrected chi connectivity index (χ0v) is 13.6. The van der Waals surface area contributed by atoms with Crippen LogP contribution >= 0.6 is 0 Å². The molecule has 2 aromatic rings. The van der Waals surface area contributed by atoms with Crippen molar-refractivity contribution in [2.75, 3.05) is 23.8 Å². The summed E-state index contributed by atoms with van der Waals surface area (Å²) in [6, 6.07) is 13.4. The maximum atomic E-state index is 12.0. The summed E-state index contributed by atoms with van der Waals surface area (Å²) in [4.78, 5) is 12.0. The molecule has 0 aliphatic heterocycles. The average molecular weight is 310 g/mol. The van der Waals surface area contributed by atoms with E-state index in [0.29, 0.717) is 6.61 Å². The molecule has 2 N–H and O–H groups in total. The van der Waals surface area contributed by atoms with Gasteiger partial charge in [0.25, 0.3) is 0 Å². The number of amides is 1. The lowest BCUT2D eigenvalue weighted by molar-refractivity contribution is -0.114. The van der Waals surface area contributed by atoms with Crippen LogP contribution in [0.2, 0.25) is 0 Å². The molecular weight excluding hydrogens is 288 g/mol. The summed E-state index contributed by atoms with van der Waals surface area (Å²) >= 11 is 0. The molecule has 2 aromatic carbocycles. The Bertz CT molecular complexity index is 658. The van der Waals surface area contributed by atoms with E-state index in [1.165, 1.54) is 11.1 Å². The van der Waals surface area contributed by atoms with Gasteiger partial charge in [-0.2, -0.15) is 0 Å². The number of anilines is 2. The van der Waals surface area contributed by atoms with E-state index in [1.54, 1.807) is 6.08 Å². The highest BCUT2D eigenvalue weighted by molar-refractivity contribution is 5.93. The van der Waals surface area contributed by atoms with E-state index in [-0.39, 0.29) is 12.5 Å². The Hall–Kier alpha value is -2.75. The van der Waals surface area contributed by atoms with Gasteiger partial charge in [-0.25, -0.2) is 0 Å². The predicted molar refractivity (Wildman–Crippen MR) is 95.2 cm³/mol. The van der Waals surface area contributed by atoms with Gasteiger partial charge in [-0.15, -0.1) is 0 Å². The van der Waals surface area contributed by atoms with Crippen molar-refractivity contribution < 1.29 is 9.53 Å². The molecule has 2 rings (SSSR count). The maximum Gasteiger partial charge on any atom is 0.243 e. The zero-order chi connectivity index (χ0) is 16.7. The molecule has 0 bridgehead atoms. The fourth-order valence-corrected chi connectivity index (χ4v) is 2.25. The Morgan fingerprint density at radius 3 is 2.35 bits per heavy atom. The van der Waals surface area contributed by atoms with Crippen molar-refractivity contribution in [1.82, 2.24) is 0 Å². The molecule has 0 unspecified atom stereocenters. The fourth-order valence-electron chi connectivity index (χ4n) is 2.25. The minimum Gasteiger partial charge on any atom is -0.490 e. The first-order valence-corrected chi connectivity index (χ1v) is 7.52. The SMILES string of the molecule is C=CCOc1ccc(NC(=O)CNc2cc(C)cc(C)c2)cc1. The van der Waals surface area contributed by atoms with Gasteiger partial charge in [-0.05, 0) is 61.4 Å². The lowest BCUT2D eigenvalue weighted by Crippen LogP contribution is -2.21. The van der Waals surface area contributed by atoms with Crippen molar-refractivity contribution >= 4 is 17.3 Å². The Morgan fingerprint density at radius 1 is 1.09 bits per heavy atom. The van der Waals surface area contributed by atoms with Gasteiger partial charge >= 0.3 is 0 Å². The van der Waals surface area contributed by atoms with E-state index in [9.17, 15) is 4.79 Å². The summed E-state index contributed by atoms with van der Waals surface area (Å²) in [7, 11) is 0. The van der Waals surface area contributed by atoms with E-state index in [2.05, 4.69) is 23.3 Å². The van der Waals surface area contributed by atoms with Gasteiger partial charge in [0.2, 0.25) is 5.91 Å². The number of carbonyl (C=O) groups excluding carboxylic acids is 1. The number of nitrogens with one attached hydrogen (secondary N) is 2. The third-order valence-corrected chi connectivity index (χ3v) is 3.18. The Kier molecular flexibility index (Phi) is 5.80. The quantitative estimate of drug-likeness (QED) is 0.762. The number of benzene rings is 2. The van der Waals surface area contributed by atoms with Crippen LogP contribution in [0, 0.1) is 13.8 Å². The second-order valence-electron chi connectivity index (χ2n) is 5.40. The van der Waals surface area contributed by atoms with Crippen molar-refractivity contribution in [2.24, 2.45) is 0 Å². The van der Waals surface area contributed by atoms with Crippen molar-refractivity contribution in [3.05, 3.63) is 66.2 Å². The van der Waals surface area contributed by atoms with E-state index >= 15 is 0 Å². The summed E-state index contributed by atoms with van der Waals surface area (Å²) in [6.07, 6.45) is 1.69. The molecule has 0 aliphatic carbocycles. The molecule has 0 saturated heterocycles. The van der Waals surface area contributed by atoms with Gasteiger partial charge in [0.1, 0.15) is 12.4 Å². The number of hydrogen-bond donors (Lipinski definition) is 2. The molecule has 4 heteroatoms. The van der Waals surface area contributed by atoms with Crippen molar-refractivity contribution in [3.8, 4) is 5.75 Å². The number of carbonyl (C=O) groups is 1. The number of hydrogen-bond acceptors (Lipinski definition) is 3. The average Bonchev–Trinajstić information content (AvgIpc) is 2.51. The lowest BCUT2D eigenvalue weighted by Gasteiger charge is -2.10. The van der Waals surface area contributed by atoms with Gasteiger partial charge in [0.05, 0.1) is 6.54 Å². The summed E-state index contributed by atoms with van der Waals surface area (Å²) < 4.78 is 5.40. The van der Waals surface area contributed by atoms with Crippen LogP contribution in [0.1, 0.15) is 11.1 Å². The molecule has 0 atom stereocenters. The second-order valence-corrected chi connectivity index (χ2v) is 5.40. The van der Waals surface area contributed by atoms with Gasteiger partial charge in [0.15, 0.2) is 0 Å². The Morgan fingerprint density at radius 2 is 1.74 bits per heavy atom. The summed E-state index contributed by atoms with van der Waals surface area (Å²) in [5.41, 5.74) is 4.03. The molecule has 1 amide bonds. The predicted octanol–water partition coefficient (Wildman–Crippen LogP) is 3.92. The normalized spacial score (nSPS) is 10.0. The summed E-state index contributed by atoms with van der Waals surface area (Å²) in [5.74, 6) is 0.653. The third kappa shape index (κ3) is 5.51. The first-order chi connectivity index (χ1) is 11.1. The van der Waals surface area contributed by atoms with Crippen LogP contribution in [0.5, 0.6) is 5.75 Å². The van der Waals surface area contributed by atoms with E-state index in [0.717, 1.165) is 17.1 Å². The van der Waals surface area contributed by atoms with Crippen LogP contribution in [0.15, 0.2) is 55.1 Å². The number of ether oxygens (including phenoxy) is 1. The maximum absolute atomic E-state index is 12.0. The highest BCUT2D eigenvalue weighted by Gasteiger charge is 2.03. The highest BCUT2D eigenvalue weighted by Crippen LogP contribution is 2.16. The van der Waals surface area contributed by atoms with Crippen molar-refractivity contribution in [3.63, 3.8) is 0 Å². The molecule has 0 saturated carbocycles. The van der Waals surface area contributed by atoms with Crippen LogP contribution in [-0.4, -0.2) is 19.1 Å². The summed E-state index contributed by atoms with van der Waals surface area (Å²) in [5, 5.41) is 5.99. The fraction of sp³-hybridized carbons (Fsp3) is 0.211. The van der Waals surface area contributed by atoms with E-state index < -0.39 is 0 Å². The molecule has 0 aromatic heterocycles. The molecule has 120 valence electrons. The minimum absolute atomic E-state index is 0.0936. The molecule has 0 aliphatic rings. The Labute approximate surface area is 137 Å². The van der Waals surface area contributed by atoms with Crippen LogP contribution in [0.25, 0.3) is 0 Å². The summed E-state index contributed by atoms with van der Waals surface area (Å²) in [6.45, 7) is 8.36. The zero-order valence-electron chi connectivity index (χ0n) is 13.6. The van der Waals surface area contributed by atoms with E-state index in [4.69, 9.17) is 4.74 Å². The molecule has 0 radical (unpaired) electrons. The highest BCUT2D eigenvalue weighted by atomic mass is 16.5. The second kappa shape index (κ2) is 8.03. The van der Waals surface area contributed by atoms with Crippen LogP contribution in [0.3, 0.4) is 0 Å². The van der Waals surface area contributed by atoms with Crippen LogP contribution < -0.4 is 15.4 Å². The largest absolute Gasteiger partial charge is 0.490 e. The van der Waals surface area contributed by atoms with Gasteiger partial charge < -0.3 is 15.4 Å². The minimum atomic E-state index is -0.0936. The van der Waals surface area contributed by atoms with Gasteiger partial charge in [-0.3, -0.25) is 4.79 Å². The monoisotopic (exact) mass is 310 g/mol. The molecule has 0 spiro atoms. The van der Waals surface area contributed by atoms with Crippen LogP contribution in [-0.2, 0) is 4.79 Å². The lowest BCUT2D eigenvalue weighted by atomic mass is 10.1. The van der Waals surface area contributed by atoms with E-state index in [1.807, 2.05) is 50.2 Å². The number of aryl methyl sites for hydroxylation is 2. The van der Waals surface area contributed by atoms with Gasteiger partial charge in [0, 0.05) is 11.4 Å². The Balaban J connectivity index is 1.85. The standard InChI is InChI=1S/C19H22N2O2/c1-4-9-23-18-7-5-16(6-8-18)21-19(22)13-20-17-11-14(2)10-15(3)12-17/h4-8,10-12,20H,1,9,13H2,2-3H3,(H,21,22). The van der Waals surface area contributed by atoms with Crippen LogP contribution in [0.4, 0.5) is 11.4 Å². The van der Waals surface area contributed by atoms with Crippen molar-refractivity contribution in [1.29, 1.82) is 0 Å². The number of rotatable bonds is 7.